The normalized spacial score (nSPS) is 10.8. The summed E-state index contributed by atoms with van der Waals surface area (Å²) in [7, 11) is 4.84. The molecule has 0 spiro atoms. The third-order valence-electron chi connectivity index (χ3n) is 4.90. The second kappa shape index (κ2) is 10.5. The fourth-order valence-electron chi connectivity index (χ4n) is 3.20. The minimum absolute atomic E-state index is 0.0709. The molecule has 4 rings (SSSR count). The van der Waals surface area contributed by atoms with Gasteiger partial charge in [-0.05, 0) is 48.5 Å². The number of fused-ring (bicyclic) bond motifs is 1. The van der Waals surface area contributed by atoms with Crippen molar-refractivity contribution in [3.8, 4) is 17.2 Å². The molecular formula is C24H23N3O4S2. The molecule has 0 saturated carbocycles. The lowest BCUT2D eigenvalue weighted by Crippen LogP contribution is -2.32. The Kier molecular flexibility index (Phi) is 7.31. The second-order valence-electron chi connectivity index (χ2n) is 6.91. The summed E-state index contributed by atoms with van der Waals surface area (Å²) < 4.78 is 17.0. The summed E-state index contributed by atoms with van der Waals surface area (Å²) in [6, 6.07) is 16.9. The molecule has 0 bridgehead atoms. The number of aromatic nitrogens is 2. The van der Waals surface area contributed by atoms with E-state index < -0.39 is 0 Å². The van der Waals surface area contributed by atoms with Gasteiger partial charge in [0.05, 0.1) is 39.3 Å². The van der Waals surface area contributed by atoms with E-state index in [2.05, 4.69) is 4.98 Å². The number of ether oxygens (including phenoxy) is 3. The van der Waals surface area contributed by atoms with Crippen molar-refractivity contribution in [1.82, 2.24) is 9.97 Å². The van der Waals surface area contributed by atoms with Gasteiger partial charge in [-0.3, -0.25) is 14.7 Å². The maximum atomic E-state index is 13.4. The fraction of sp³-hybridized carbons (Fsp3) is 0.208. The molecule has 1 amide bonds. The van der Waals surface area contributed by atoms with E-state index in [0.29, 0.717) is 28.7 Å². The highest BCUT2D eigenvalue weighted by molar-refractivity contribution is 8.00. The van der Waals surface area contributed by atoms with Crippen molar-refractivity contribution in [2.24, 2.45) is 0 Å². The van der Waals surface area contributed by atoms with Crippen LogP contribution in [0.3, 0.4) is 0 Å². The molecule has 33 heavy (non-hydrogen) atoms. The van der Waals surface area contributed by atoms with Gasteiger partial charge in [-0.2, -0.15) is 0 Å². The first-order valence-corrected chi connectivity index (χ1v) is 11.9. The molecule has 7 nitrogen and oxygen atoms in total. The van der Waals surface area contributed by atoms with Gasteiger partial charge >= 0.3 is 0 Å². The molecule has 2 aromatic heterocycles. The lowest BCUT2D eigenvalue weighted by molar-refractivity contribution is -0.116. The Balaban J connectivity index is 1.65. The van der Waals surface area contributed by atoms with Gasteiger partial charge in [0.25, 0.3) is 0 Å². The molecule has 0 fully saturated rings. The van der Waals surface area contributed by atoms with Crippen molar-refractivity contribution in [3.63, 3.8) is 0 Å². The molecule has 0 aliphatic carbocycles. The Hall–Kier alpha value is -3.30. The summed E-state index contributed by atoms with van der Waals surface area (Å²) in [4.78, 5) is 25.2. The predicted octanol–water partition coefficient (Wildman–Crippen LogP) is 5.04. The van der Waals surface area contributed by atoms with Gasteiger partial charge in [-0.15, -0.1) is 11.8 Å². The van der Waals surface area contributed by atoms with Crippen LogP contribution in [0.25, 0.3) is 10.2 Å². The SMILES string of the molecule is COc1ccc(SCC(=O)N(Cc2ccccn2)c2nc3c(OC)ccc(OC)c3s2)cc1. The van der Waals surface area contributed by atoms with E-state index in [1.54, 1.807) is 32.4 Å². The van der Waals surface area contributed by atoms with Crippen LogP contribution in [0.1, 0.15) is 5.69 Å². The summed E-state index contributed by atoms with van der Waals surface area (Å²) in [6.45, 7) is 0.313. The summed E-state index contributed by atoms with van der Waals surface area (Å²) in [5.41, 5.74) is 1.44. The van der Waals surface area contributed by atoms with Crippen LogP contribution in [0.2, 0.25) is 0 Å². The molecule has 0 atom stereocenters. The average Bonchev–Trinajstić information content (AvgIpc) is 3.31. The number of methoxy groups -OCH3 is 3. The van der Waals surface area contributed by atoms with Gasteiger partial charge in [-0.1, -0.05) is 17.4 Å². The number of carbonyl (C=O) groups excluding carboxylic acids is 1. The summed E-state index contributed by atoms with van der Waals surface area (Å²) in [6.07, 6.45) is 1.72. The van der Waals surface area contributed by atoms with Crippen LogP contribution in [0.4, 0.5) is 5.13 Å². The lowest BCUT2D eigenvalue weighted by atomic mass is 10.3. The number of amides is 1. The quantitative estimate of drug-likeness (QED) is 0.310. The number of thioether (sulfide) groups is 1. The van der Waals surface area contributed by atoms with Crippen molar-refractivity contribution in [1.29, 1.82) is 0 Å². The van der Waals surface area contributed by atoms with Crippen LogP contribution < -0.4 is 19.1 Å². The number of hydrogen-bond acceptors (Lipinski definition) is 8. The van der Waals surface area contributed by atoms with Crippen LogP contribution in [-0.2, 0) is 11.3 Å². The first-order valence-electron chi connectivity index (χ1n) is 10.1. The average molecular weight is 482 g/mol. The Morgan fingerprint density at radius 3 is 2.39 bits per heavy atom. The molecule has 2 heterocycles. The van der Waals surface area contributed by atoms with Crippen molar-refractivity contribution < 1.29 is 19.0 Å². The fourth-order valence-corrected chi connectivity index (χ4v) is 5.07. The minimum atomic E-state index is -0.0709. The molecular weight excluding hydrogens is 458 g/mol. The number of pyridine rings is 1. The summed E-state index contributed by atoms with van der Waals surface area (Å²) in [5.74, 6) is 2.28. The third kappa shape index (κ3) is 5.20. The van der Waals surface area contributed by atoms with Crippen LogP contribution in [0.5, 0.6) is 17.2 Å². The van der Waals surface area contributed by atoms with Gasteiger partial charge in [0.15, 0.2) is 5.13 Å². The van der Waals surface area contributed by atoms with E-state index in [1.165, 1.54) is 23.1 Å². The zero-order valence-electron chi connectivity index (χ0n) is 18.5. The van der Waals surface area contributed by atoms with E-state index >= 15 is 0 Å². The zero-order chi connectivity index (χ0) is 23.2. The van der Waals surface area contributed by atoms with Crippen molar-refractivity contribution in [2.45, 2.75) is 11.4 Å². The van der Waals surface area contributed by atoms with Crippen molar-refractivity contribution >= 4 is 44.4 Å². The standard InChI is InChI=1S/C24H23N3O4S2/c1-29-17-7-9-18(10-8-17)32-15-21(28)27(14-16-6-4-5-13-25-16)24-26-22-19(30-2)11-12-20(31-3)23(22)33-24/h4-13H,14-15H2,1-3H3. The highest BCUT2D eigenvalue weighted by Gasteiger charge is 2.23. The first-order chi connectivity index (χ1) is 16.1. The van der Waals surface area contributed by atoms with Crippen LogP contribution in [0, 0.1) is 0 Å². The maximum absolute atomic E-state index is 13.4. The topological polar surface area (TPSA) is 73.8 Å². The monoisotopic (exact) mass is 481 g/mol. The number of thiazole rings is 1. The smallest absolute Gasteiger partial charge is 0.239 e. The molecule has 170 valence electrons. The molecule has 0 saturated heterocycles. The van der Waals surface area contributed by atoms with Gasteiger partial charge in [0, 0.05) is 11.1 Å². The molecule has 2 aromatic carbocycles. The van der Waals surface area contributed by atoms with Crippen molar-refractivity contribution in [3.05, 3.63) is 66.5 Å². The Bertz CT molecular complexity index is 1190. The number of benzene rings is 2. The number of rotatable bonds is 9. The van der Waals surface area contributed by atoms with Gasteiger partial charge < -0.3 is 14.2 Å². The first kappa shape index (κ1) is 22.9. The number of anilines is 1. The van der Waals surface area contributed by atoms with E-state index in [4.69, 9.17) is 19.2 Å². The minimum Gasteiger partial charge on any atom is -0.497 e. The Morgan fingerprint density at radius 2 is 1.73 bits per heavy atom. The summed E-state index contributed by atoms with van der Waals surface area (Å²) in [5, 5.41) is 0.568. The molecule has 0 unspecified atom stereocenters. The predicted molar refractivity (Wildman–Crippen MR) is 132 cm³/mol. The number of hydrogen-bond donors (Lipinski definition) is 0. The third-order valence-corrected chi connectivity index (χ3v) is 6.99. The molecule has 0 N–H and O–H groups in total. The Labute approximate surface area is 200 Å². The van der Waals surface area contributed by atoms with E-state index in [9.17, 15) is 4.79 Å². The maximum Gasteiger partial charge on any atom is 0.239 e. The molecule has 0 aliphatic rings. The molecule has 0 aliphatic heterocycles. The second-order valence-corrected chi connectivity index (χ2v) is 8.94. The van der Waals surface area contributed by atoms with Gasteiger partial charge in [-0.25, -0.2) is 4.98 Å². The van der Waals surface area contributed by atoms with E-state index in [1.807, 2.05) is 54.6 Å². The van der Waals surface area contributed by atoms with E-state index in [-0.39, 0.29) is 11.7 Å². The highest BCUT2D eigenvalue weighted by atomic mass is 32.2. The number of nitrogens with zero attached hydrogens (tertiary/aromatic N) is 3. The van der Waals surface area contributed by atoms with Crippen molar-refractivity contribution in [2.75, 3.05) is 32.0 Å². The molecule has 0 radical (unpaired) electrons. The van der Waals surface area contributed by atoms with E-state index in [0.717, 1.165) is 21.0 Å². The molecule has 4 aromatic rings. The zero-order valence-corrected chi connectivity index (χ0v) is 20.1. The van der Waals surface area contributed by atoms with Crippen LogP contribution in [-0.4, -0.2) is 43.0 Å². The largest absolute Gasteiger partial charge is 0.497 e. The Morgan fingerprint density at radius 1 is 0.970 bits per heavy atom. The summed E-state index contributed by atoms with van der Waals surface area (Å²) >= 11 is 2.86. The van der Waals surface area contributed by atoms with Gasteiger partial charge in [0.1, 0.15) is 27.5 Å². The van der Waals surface area contributed by atoms with Crippen LogP contribution in [0.15, 0.2) is 65.7 Å². The van der Waals surface area contributed by atoms with Gasteiger partial charge in [0.2, 0.25) is 5.91 Å². The molecule has 9 heteroatoms. The lowest BCUT2D eigenvalue weighted by Gasteiger charge is -2.19. The number of carbonyl (C=O) groups is 1. The highest BCUT2D eigenvalue weighted by Crippen LogP contribution is 2.40. The van der Waals surface area contributed by atoms with Crippen LogP contribution >= 0.6 is 23.1 Å².